The summed E-state index contributed by atoms with van der Waals surface area (Å²) in [6.45, 7) is 0. The second-order valence-electron chi connectivity index (χ2n) is 2.92. The minimum absolute atomic E-state index is 0.0773. The summed E-state index contributed by atoms with van der Waals surface area (Å²) in [6, 6.07) is 6.49. The topological polar surface area (TPSA) is 23.8 Å². The van der Waals surface area contributed by atoms with Crippen LogP contribution in [0.3, 0.4) is 0 Å². The van der Waals surface area contributed by atoms with E-state index in [0.29, 0.717) is 17.7 Å². The third kappa shape index (κ3) is 3.65. The summed E-state index contributed by atoms with van der Waals surface area (Å²) in [5.41, 5.74) is 1.14. The van der Waals surface area contributed by atoms with E-state index in [1.54, 1.807) is 12.1 Å². The molecule has 1 aromatic carbocycles. The molecule has 0 aliphatic carbocycles. The summed E-state index contributed by atoms with van der Waals surface area (Å²) in [6.07, 6.45) is 0.780. The van der Waals surface area contributed by atoms with Gasteiger partial charge < -0.3 is 0 Å². The van der Waals surface area contributed by atoms with Crippen molar-refractivity contribution in [1.29, 1.82) is 5.26 Å². The third-order valence-corrected chi connectivity index (χ3v) is 2.01. The van der Waals surface area contributed by atoms with Gasteiger partial charge in [0.15, 0.2) is 0 Å². The van der Waals surface area contributed by atoms with Crippen LogP contribution in [0.2, 0.25) is 0 Å². The Morgan fingerprint density at radius 3 is 2.87 bits per heavy atom. The summed E-state index contributed by atoms with van der Waals surface area (Å²) in [7, 11) is 0. The Kier molecular flexibility index (Phi) is 4.74. The third-order valence-electron chi connectivity index (χ3n) is 1.78. The highest BCUT2D eigenvalue weighted by atomic mass is 32.1. The predicted octanol–water partition coefficient (Wildman–Crippen LogP) is 2.56. The number of thiol groups is 1. The molecule has 0 saturated carbocycles. The van der Waals surface area contributed by atoms with Crippen molar-refractivity contribution in [3.8, 4) is 17.9 Å². The zero-order valence-electron chi connectivity index (χ0n) is 8.13. The Balaban J connectivity index is 2.89. The first-order valence-electron chi connectivity index (χ1n) is 4.53. The fraction of sp³-hybridized carbons (Fsp3) is 0.250. The van der Waals surface area contributed by atoms with E-state index in [0.717, 1.165) is 5.56 Å². The Hall–Kier alpha value is -1.45. The summed E-state index contributed by atoms with van der Waals surface area (Å²) >= 11 is 4.03. The van der Waals surface area contributed by atoms with Crippen LogP contribution >= 0.6 is 12.6 Å². The molecule has 3 heteroatoms. The van der Waals surface area contributed by atoms with E-state index in [4.69, 9.17) is 5.26 Å². The van der Waals surface area contributed by atoms with Gasteiger partial charge in [0, 0.05) is 23.3 Å². The Labute approximate surface area is 94.3 Å². The molecular formula is C12H10FNS. The second-order valence-corrected chi connectivity index (χ2v) is 3.36. The maximum Gasteiger partial charge on any atom is 0.127 e. The molecule has 1 nitrogen and oxygen atoms in total. The predicted molar refractivity (Wildman–Crippen MR) is 61.1 cm³/mol. The summed E-state index contributed by atoms with van der Waals surface area (Å²) < 4.78 is 13.1. The summed E-state index contributed by atoms with van der Waals surface area (Å²) in [5, 5.41) is 8.49. The first-order valence-corrected chi connectivity index (χ1v) is 5.16. The highest BCUT2D eigenvalue weighted by molar-refractivity contribution is 7.80. The van der Waals surface area contributed by atoms with E-state index >= 15 is 0 Å². The van der Waals surface area contributed by atoms with Crippen LogP contribution in [-0.2, 0) is 6.42 Å². The Morgan fingerprint density at radius 1 is 1.40 bits per heavy atom. The first-order chi connectivity index (χ1) is 7.27. The van der Waals surface area contributed by atoms with Crippen LogP contribution in [0.25, 0.3) is 0 Å². The van der Waals surface area contributed by atoms with Crippen molar-refractivity contribution in [3.05, 3.63) is 35.1 Å². The molecule has 0 heterocycles. The van der Waals surface area contributed by atoms with Crippen molar-refractivity contribution >= 4 is 12.6 Å². The fourth-order valence-corrected chi connectivity index (χ4v) is 1.21. The van der Waals surface area contributed by atoms with E-state index in [1.165, 1.54) is 6.07 Å². The molecule has 1 aromatic rings. The van der Waals surface area contributed by atoms with Crippen LogP contribution in [0, 0.1) is 29.0 Å². The van der Waals surface area contributed by atoms with Crippen molar-refractivity contribution in [2.24, 2.45) is 0 Å². The minimum atomic E-state index is -0.351. The number of benzene rings is 1. The molecule has 0 aliphatic heterocycles. The SMILES string of the molecule is N#CCc1cc(C#CCCS)ccc1F. The molecule has 0 aliphatic rings. The normalized spacial score (nSPS) is 8.87. The van der Waals surface area contributed by atoms with Crippen LogP contribution < -0.4 is 0 Å². The minimum Gasteiger partial charge on any atom is -0.207 e. The average Bonchev–Trinajstić information content (AvgIpc) is 2.23. The first kappa shape index (κ1) is 11.6. The second kappa shape index (κ2) is 6.11. The molecule has 0 amide bonds. The van der Waals surface area contributed by atoms with Gasteiger partial charge in [0.25, 0.3) is 0 Å². The number of nitriles is 1. The lowest BCUT2D eigenvalue weighted by atomic mass is 10.1. The van der Waals surface area contributed by atoms with Crippen LogP contribution in [-0.4, -0.2) is 5.75 Å². The van der Waals surface area contributed by atoms with E-state index in [9.17, 15) is 4.39 Å². The van der Waals surface area contributed by atoms with Gasteiger partial charge in [0.05, 0.1) is 12.5 Å². The molecule has 0 radical (unpaired) electrons. The molecule has 0 aromatic heterocycles. The van der Waals surface area contributed by atoms with Gasteiger partial charge in [-0.25, -0.2) is 4.39 Å². The van der Waals surface area contributed by atoms with Gasteiger partial charge in [-0.3, -0.25) is 0 Å². The van der Waals surface area contributed by atoms with E-state index in [2.05, 4.69) is 24.5 Å². The Bertz CT molecular complexity index is 437. The molecule has 76 valence electrons. The molecule has 0 bridgehead atoms. The summed E-state index contributed by atoms with van der Waals surface area (Å²) in [5.74, 6) is 6.16. The number of hydrogen-bond donors (Lipinski definition) is 1. The van der Waals surface area contributed by atoms with E-state index in [-0.39, 0.29) is 12.2 Å². The van der Waals surface area contributed by atoms with Gasteiger partial charge in [-0.1, -0.05) is 11.8 Å². The maximum absolute atomic E-state index is 13.1. The molecule has 1 rings (SSSR count). The van der Waals surface area contributed by atoms with Gasteiger partial charge in [-0.05, 0) is 18.2 Å². The molecule has 0 unspecified atom stereocenters. The maximum atomic E-state index is 13.1. The fourth-order valence-electron chi connectivity index (χ4n) is 1.09. The van der Waals surface area contributed by atoms with Crippen molar-refractivity contribution in [2.45, 2.75) is 12.8 Å². The van der Waals surface area contributed by atoms with Crippen LogP contribution in [0.5, 0.6) is 0 Å². The van der Waals surface area contributed by atoms with Gasteiger partial charge in [0.1, 0.15) is 5.82 Å². The molecule has 0 atom stereocenters. The van der Waals surface area contributed by atoms with Gasteiger partial charge in [-0.15, -0.1) is 0 Å². The van der Waals surface area contributed by atoms with Gasteiger partial charge >= 0.3 is 0 Å². The molecule has 0 saturated heterocycles. The lowest BCUT2D eigenvalue weighted by Gasteiger charge is -1.98. The van der Waals surface area contributed by atoms with Crippen molar-refractivity contribution in [1.82, 2.24) is 0 Å². The number of nitrogens with zero attached hydrogens (tertiary/aromatic N) is 1. The van der Waals surface area contributed by atoms with Crippen LogP contribution in [0.4, 0.5) is 4.39 Å². The number of hydrogen-bond acceptors (Lipinski definition) is 2. The van der Waals surface area contributed by atoms with E-state index < -0.39 is 0 Å². The van der Waals surface area contributed by atoms with Crippen molar-refractivity contribution < 1.29 is 4.39 Å². The van der Waals surface area contributed by atoms with Crippen LogP contribution in [0.15, 0.2) is 18.2 Å². The number of rotatable bonds is 2. The molecule has 0 spiro atoms. The van der Waals surface area contributed by atoms with E-state index in [1.807, 2.05) is 6.07 Å². The monoisotopic (exact) mass is 219 g/mol. The standard InChI is InChI=1S/C12H10FNS/c13-12-5-4-10(3-1-2-8-15)9-11(12)6-7-14/h4-5,9,15H,2,6,8H2. The smallest absolute Gasteiger partial charge is 0.127 e. The largest absolute Gasteiger partial charge is 0.207 e. The molecule has 0 N–H and O–H groups in total. The lowest BCUT2D eigenvalue weighted by Crippen LogP contribution is -1.89. The van der Waals surface area contributed by atoms with Gasteiger partial charge in [0.2, 0.25) is 0 Å². The average molecular weight is 219 g/mol. The molecule has 0 fully saturated rings. The highest BCUT2D eigenvalue weighted by Gasteiger charge is 2.01. The summed E-state index contributed by atoms with van der Waals surface area (Å²) in [4.78, 5) is 0. The molecule has 15 heavy (non-hydrogen) atoms. The zero-order valence-corrected chi connectivity index (χ0v) is 9.02. The van der Waals surface area contributed by atoms with Crippen molar-refractivity contribution in [2.75, 3.05) is 5.75 Å². The quantitative estimate of drug-likeness (QED) is 0.600. The Morgan fingerprint density at radius 2 is 2.20 bits per heavy atom. The zero-order chi connectivity index (χ0) is 11.1. The van der Waals surface area contributed by atoms with Gasteiger partial charge in [-0.2, -0.15) is 17.9 Å². The lowest BCUT2D eigenvalue weighted by molar-refractivity contribution is 0.615. The molecular weight excluding hydrogens is 209 g/mol. The number of halogens is 1. The van der Waals surface area contributed by atoms with Crippen LogP contribution in [0.1, 0.15) is 17.5 Å². The highest BCUT2D eigenvalue weighted by Crippen LogP contribution is 2.10. The van der Waals surface area contributed by atoms with Crippen molar-refractivity contribution in [3.63, 3.8) is 0 Å².